The summed E-state index contributed by atoms with van der Waals surface area (Å²) >= 11 is 0. The highest BCUT2D eigenvalue weighted by atomic mass is 16.5. The van der Waals surface area contributed by atoms with Gasteiger partial charge < -0.3 is 10.5 Å². The molecule has 3 nitrogen and oxygen atoms in total. The van der Waals surface area contributed by atoms with Crippen LogP contribution in [0.5, 0.6) is 5.75 Å². The molecule has 3 heteroatoms. The highest BCUT2D eigenvalue weighted by molar-refractivity contribution is 5.33. The third-order valence-electron chi connectivity index (χ3n) is 2.71. The van der Waals surface area contributed by atoms with E-state index in [1.807, 2.05) is 18.2 Å². The van der Waals surface area contributed by atoms with Crippen LogP contribution in [0.15, 0.2) is 24.3 Å². The van der Waals surface area contributed by atoms with Crippen LogP contribution in [0.25, 0.3) is 0 Å². The maximum atomic E-state index is 5.62. The maximum absolute atomic E-state index is 5.62. The minimum absolute atomic E-state index is 0.494. The van der Waals surface area contributed by atoms with E-state index in [1.165, 1.54) is 5.56 Å². The Morgan fingerprint density at radius 3 is 2.56 bits per heavy atom. The van der Waals surface area contributed by atoms with E-state index in [2.05, 4.69) is 24.8 Å². The van der Waals surface area contributed by atoms with Crippen LogP contribution in [-0.4, -0.2) is 31.1 Å². The molecule has 0 amide bonds. The number of hydrogen-bond acceptors (Lipinski definition) is 3. The van der Waals surface area contributed by atoms with Crippen LogP contribution in [-0.2, 0) is 6.54 Å². The van der Waals surface area contributed by atoms with Gasteiger partial charge in [0.1, 0.15) is 5.75 Å². The molecule has 90 valence electrons. The van der Waals surface area contributed by atoms with Gasteiger partial charge in [-0.1, -0.05) is 18.2 Å². The Labute approximate surface area is 98.2 Å². The predicted molar refractivity (Wildman–Crippen MR) is 67.6 cm³/mol. The molecule has 0 aliphatic heterocycles. The van der Waals surface area contributed by atoms with Gasteiger partial charge in [0.05, 0.1) is 7.11 Å². The Hall–Kier alpha value is -1.06. The normalized spacial score (nSPS) is 11.1. The van der Waals surface area contributed by atoms with Crippen molar-refractivity contribution < 1.29 is 4.74 Å². The van der Waals surface area contributed by atoms with Gasteiger partial charge in [-0.2, -0.15) is 0 Å². The second-order valence-electron chi connectivity index (χ2n) is 4.16. The van der Waals surface area contributed by atoms with E-state index in [0.29, 0.717) is 12.6 Å². The molecule has 0 spiro atoms. The first-order chi connectivity index (χ1) is 7.69. The molecule has 2 N–H and O–H groups in total. The predicted octanol–water partition coefficient (Wildman–Crippen LogP) is 1.86. The van der Waals surface area contributed by atoms with Gasteiger partial charge in [0.2, 0.25) is 0 Å². The van der Waals surface area contributed by atoms with Gasteiger partial charge in [-0.25, -0.2) is 0 Å². The van der Waals surface area contributed by atoms with Crippen LogP contribution < -0.4 is 10.5 Å². The highest BCUT2D eigenvalue weighted by Crippen LogP contribution is 2.19. The summed E-state index contributed by atoms with van der Waals surface area (Å²) in [6.07, 6.45) is 0. The molecule has 0 fully saturated rings. The summed E-state index contributed by atoms with van der Waals surface area (Å²) in [5, 5.41) is 0. The molecule has 0 aliphatic carbocycles. The highest BCUT2D eigenvalue weighted by Gasteiger charge is 2.11. The van der Waals surface area contributed by atoms with E-state index in [9.17, 15) is 0 Å². The number of ether oxygens (including phenoxy) is 1. The van der Waals surface area contributed by atoms with E-state index < -0.39 is 0 Å². The summed E-state index contributed by atoms with van der Waals surface area (Å²) in [7, 11) is 1.71. The quantitative estimate of drug-likeness (QED) is 0.798. The minimum atomic E-state index is 0.494. The largest absolute Gasteiger partial charge is 0.496 e. The van der Waals surface area contributed by atoms with Crippen molar-refractivity contribution in [1.29, 1.82) is 0 Å². The van der Waals surface area contributed by atoms with Crippen LogP contribution in [0.2, 0.25) is 0 Å². The maximum Gasteiger partial charge on any atom is 0.123 e. The van der Waals surface area contributed by atoms with E-state index in [-0.39, 0.29) is 0 Å². The van der Waals surface area contributed by atoms with Crippen molar-refractivity contribution in [3.8, 4) is 5.75 Å². The fourth-order valence-electron chi connectivity index (χ4n) is 1.74. The Kier molecular flexibility index (Phi) is 5.29. The molecule has 1 rings (SSSR count). The fourth-order valence-corrected chi connectivity index (χ4v) is 1.74. The van der Waals surface area contributed by atoms with Crippen molar-refractivity contribution in [1.82, 2.24) is 4.90 Å². The van der Waals surface area contributed by atoms with Crippen molar-refractivity contribution in [2.45, 2.75) is 26.4 Å². The van der Waals surface area contributed by atoms with Gasteiger partial charge in [0.25, 0.3) is 0 Å². The van der Waals surface area contributed by atoms with E-state index in [4.69, 9.17) is 10.5 Å². The smallest absolute Gasteiger partial charge is 0.123 e. The average Bonchev–Trinajstić information content (AvgIpc) is 2.29. The molecular weight excluding hydrogens is 200 g/mol. The number of para-hydroxylation sites is 1. The standard InChI is InChI=1S/C13H22N2O/c1-11(2)15(9-8-14)10-12-6-4-5-7-13(12)16-3/h4-7,11H,8-10,14H2,1-3H3. The fraction of sp³-hybridized carbons (Fsp3) is 0.538. The van der Waals surface area contributed by atoms with Crippen LogP contribution in [0.3, 0.4) is 0 Å². The monoisotopic (exact) mass is 222 g/mol. The van der Waals surface area contributed by atoms with Crippen molar-refractivity contribution in [3.63, 3.8) is 0 Å². The van der Waals surface area contributed by atoms with Crippen LogP contribution in [0, 0.1) is 0 Å². The second-order valence-corrected chi connectivity index (χ2v) is 4.16. The first kappa shape index (κ1) is 13.0. The molecule has 0 saturated heterocycles. The van der Waals surface area contributed by atoms with E-state index >= 15 is 0 Å². The van der Waals surface area contributed by atoms with Crippen LogP contribution in [0.1, 0.15) is 19.4 Å². The van der Waals surface area contributed by atoms with E-state index in [1.54, 1.807) is 7.11 Å². The van der Waals surface area contributed by atoms with Gasteiger partial charge in [-0.05, 0) is 19.9 Å². The van der Waals surface area contributed by atoms with Crippen LogP contribution >= 0.6 is 0 Å². The summed E-state index contributed by atoms with van der Waals surface area (Å²) < 4.78 is 5.35. The van der Waals surface area contributed by atoms with Gasteiger partial charge in [-0.3, -0.25) is 4.90 Å². The molecule has 0 heterocycles. The molecule has 0 aromatic heterocycles. The summed E-state index contributed by atoms with van der Waals surface area (Å²) in [5.74, 6) is 0.949. The molecule has 1 aromatic rings. The first-order valence-corrected chi connectivity index (χ1v) is 5.75. The third-order valence-corrected chi connectivity index (χ3v) is 2.71. The zero-order chi connectivity index (χ0) is 12.0. The molecule has 0 aliphatic rings. The van der Waals surface area contributed by atoms with Gasteiger partial charge in [0.15, 0.2) is 0 Å². The Morgan fingerprint density at radius 1 is 1.31 bits per heavy atom. The zero-order valence-electron chi connectivity index (χ0n) is 10.4. The van der Waals surface area contributed by atoms with Gasteiger partial charge in [-0.15, -0.1) is 0 Å². The van der Waals surface area contributed by atoms with Crippen molar-refractivity contribution in [2.24, 2.45) is 5.73 Å². The van der Waals surface area contributed by atoms with Crippen LogP contribution in [0.4, 0.5) is 0 Å². The summed E-state index contributed by atoms with van der Waals surface area (Å²) in [5.41, 5.74) is 6.83. The third kappa shape index (κ3) is 3.51. The lowest BCUT2D eigenvalue weighted by molar-refractivity contribution is 0.216. The molecule has 0 atom stereocenters. The van der Waals surface area contributed by atoms with E-state index in [0.717, 1.165) is 18.8 Å². The number of hydrogen-bond donors (Lipinski definition) is 1. The summed E-state index contributed by atoms with van der Waals surface area (Å²) in [6, 6.07) is 8.62. The lowest BCUT2D eigenvalue weighted by Gasteiger charge is -2.26. The number of benzene rings is 1. The van der Waals surface area contributed by atoms with Gasteiger partial charge in [0, 0.05) is 31.2 Å². The van der Waals surface area contributed by atoms with Crippen molar-refractivity contribution in [2.75, 3.05) is 20.2 Å². The number of rotatable bonds is 6. The lowest BCUT2D eigenvalue weighted by atomic mass is 10.1. The number of methoxy groups -OCH3 is 1. The van der Waals surface area contributed by atoms with Crippen molar-refractivity contribution in [3.05, 3.63) is 29.8 Å². The number of nitrogens with two attached hydrogens (primary N) is 1. The molecule has 0 unspecified atom stereocenters. The Bertz CT molecular complexity index is 313. The Balaban J connectivity index is 2.76. The van der Waals surface area contributed by atoms with Gasteiger partial charge >= 0.3 is 0 Å². The molecule has 0 saturated carbocycles. The zero-order valence-corrected chi connectivity index (χ0v) is 10.4. The second kappa shape index (κ2) is 6.51. The van der Waals surface area contributed by atoms with Crippen molar-refractivity contribution >= 4 is 0 Å². The molecule has 16 heavy (non-hydrogen) atoms. The first-order valence-electron chi connectivity index (χ1n) is 5.75. The molecule has 0 bridgehead atoms. The molecule has 1 aromatic carbocycles. The average molecular weight is 222 g/mol. The minimum Gasteiger partial charge on any atom is -0.496 e. The topological polar surface area (TPSA) is 38.5 Å². The summed E-state index contributed by atoms with van der Waals surface area (Å²) in [4.78, 5) is 2.35. The molecular formula is C13H22N2O. The summed E-state index contributed by atoms with van der Waals surface area (Å²) in [6.45, 7) is 6.86. The number of nitrogens with zero attached hydrogens (tertiary/aromatic N) is 1. The molecule has 0 radical (unpaired) electrons. The Morgan fingerprint density at radius 2 is 2.00 bits per heavy atom. The SMILES string of the molecule is COc1ccccc1CN(CCN)C(C)C. The lowest BCUT2D eigenvalue weighted by Crippen LogP contribution is -2.34.